The van der Waals surface area contributed by atoms with E-state index in [4.69, 9.17) is 0 Å². The molecule has 1 aromatic carbocycles. The van der Waals surface area contributed by atoms with Crippen molar-refractivity contribution in [1.82, 2.24) is 15.5 Å². The average molecular weight is 370 g/mol. The number of hydrogen-bond donors (Lipinski definition) is 3. The quantitative estimate of drug-likeness (QED) is 0.669. The second-order valence-electron chi connectivity index (χ2n) is 7.43. The number of piperidine rings is 2. The van der Waals surface area contributed by atoms with Crippen LogP contribution < -0.4 is 16.0 Å². The molecule has 0 spiro atoms. The number of benzene rings is 1. The molecule has 27 heavy (non-hydrogen) atoms. The molecule has 3 unspecified atom stereocenters. The molecule has 3 heterocycles. The summed E-state index contributed by atoms with van der Waals surface area (Å²) in [5.74, 6) is -1.45. The molecule has 3 N–H and O–H groups in total. The van der Waals surface area contributed by atoms with Gasteiger partial charge in [-0.15, -0.1) is 0 Å². The zero-order chi connectivity index (χ0) is 19.1. The van der Waals surface area contributed by atoms with Gasteiger partial charge in [-0.1, -0.05) is 6.92 Å². The van der Waals surface area contributed by atoms with Gasteiger partial charge in [-0.25, -0.2) is 0 Å². The smallest absolute Gasteiger partial charge is 0.262 e. The van der Waals surface area contributed by atoms with Crippen LogP contribution in [-0.4, -0.2) is 53.7 Å². The lowest BCUT2D eigenvalue weighted by Gasteiger charge is -2.31. The number of fused-ring (bicyclic) bond motifs is 1. The molecule has 3 aliphatic rings. The van der Waals surface area contributed by atoms with Crippen LogP contribution in [0.25, 0.3) is 0 Å². The third-order valence-corrected chi connectivity index (χ3v) is 5.62. The number of carbonyl (C=O) groups excluding carboxylic acids is 4. The maximum Gasteiger partial charge on any atom is 0.262 e. The van der Waals surface area contributed by atoms with Crippen LogP contribution in [0, 0.1) is 5.92 Å². The van der Waals surface area contributed by atoms with Crippen molar-refractivity contribution in [1.29, 1.82) is 0 Å². The van der Waals surface area contributed by atoms with E-state index in [1.54, 1.807) is 18.2 Å². The van der Waals surface area contributed by atoms with E-state index in [0.717, 1.165) is 30.1 Å². The van der Waals surface area contributed by atoms with Gasteiger partial charge < -0.3 is 10.6 Å². The molecule has 8 nitrogen and oxygen atoms in total. The van der Waals surface area contributed by atoms with E-state index >= 15 is 0 Å². The van der Waals surface area contributed by atoms with Crippen molar-refractivity contribution < 1.29 is 19.2 Å². The Bertz CT molecular complexity index is 837. The van der Waals surface area contributed by atoms with Crippen LogP contribution >= 0.6 is 0 Å². The molecule has 3 aliphatic heterocycles. The van der Waals surface area contributed by atoms with Crippen molar-refractivity contribution in [3.05, 3.63) is 29.3 Å². The molecule has 2 saturated heterocycles. The van der Waals surface area contributed by atoms with Crippen molar-refractivity contribution in [2.75, 3.05) is 18.4 Å². The van der Waals surface area contributed by atoms with Crippen LogP contribution in [0.15, 0.2) is 18.2 Å². The number of nitrogens with one attached hydrogen (secondary N) is 3. The van der Waals surface area contributed by atoms with Gasteiger partial charge in [-0.2, -0.15) is 0 Å². The third-order valence-electron chi connectivity index (χ3n) is 5.62. The maximum absolute atomic E-state index is 12.8. The predicted molar refractivity (Wildman–Crippen MR) is 97.2 cm³/mol. The number of imide groups is 2. The molecule has 4 rings (SSSR count). The van der Waals surface area contributed by atoms with Crippen LogP contribution in [0.3, 0.4) is 0 Å². The second-order valence-corrected chi connectivity index (χ2v) is 7.43. The first-order valence-electron chi connectivity index (χ1n) is 9.28. The minimum atomic E-state index is -0.936. The Morgan fingerprint density at radius 3 is 2.59 bits per heavy atom. The molecule has 1 aromatic rings. The highest BCUT2D eigenvalue weighted by atomic mass is 16.2. The summed E-state index contributed by atoms with van der Waals surface area (Å²) < 4.78 is 0. The Morgan fingerprint density at radius 1 is 1.07 bits per heavy atom. The van der Waals surface area contributed by atoms with Crippen LogP contribution in [0.5, 0.6) is 0 Å². The summed E-state index contributed by atoms with van der Waals surface area (Å²) in [6.07, 6.45) is 1.35. The zero-order valence-corrected chi connectivity index (χ0v) is 15.1. The Balaban J connectivity index is 1.56. The summed E-state index contributed by atoms with van der Waals surface area (Å²) in [5.41, 5.74) is 1.37. The highest BCUT2D eigenvalue weighted by Gasteiger charge is 2.44. The lowest BCUT2D eigenvalue weighted by atomic mass is 9.94. The summed E-state index contributed by atoms with van der Waals surface area (Å²) in [6.45, 7) is 4.02. The molecule has 142 valence electrons. The van der Waals surface area contributed by atoms with Gasteiger partial charge in [0.1, 0.15) is 6.04 Å². The van der Waals surface area contributed by atoms with Crippen molar-refractivity contribution in [3.63, 3.8) is 0 Å². The number of nitrogens with zero attached hydrogens (tertiary/aromatic N) is 1. The summed E-state index contributed by atoms with van der Waals surface area (Å²) in [4.78, 5) is 50.0. The van der Waals surface area contributed by atoms with E-state index in [2.05, 4.69) is 22.9 Å². The van der Waals surface area contributed by atoms with Gasteiger partial charge in [0.05, 0.1) is 11.1 Å². The van der Waals surface area contributed by atoms with Gasteiger partial charge in [-0.3, -0.25) is 29.4 Å². The third kappa shape index (κ3) is 3.10. The monoisotopic (exact) mass is 370 g/mol. The molecule has 8 heteroatoms. The molecular weight excluding hydrogens is 348 g/mol. The minimum absolute atomic E-state index is 0.114. The molecule has 0 bridgehead atoms. The molecule has 4 amide bonds. The van der Waals surface area contributed by atoms with Gasteiger partial charge >= 0.3 is 0 Å². The van der Waals surface area contributed by atoms with Gasteiger partial charge in [0.2, 0.25) is 11.8 Å². The van der Waals surface area contributed by atoms with E-state index in [9.17, 15) is 19.2 Å². The lowest BCUT2D eigenvalue weighted by molar-refractivity contribution is -0.136. The highest BCUT2D eigenvalue weighted by molar-refractivity contribution is 6.23. The number of amides is 4. The second kappa shape index (κ2) is 6.77. The van der Waals surface area contributed by atoms with Crippen LogP contribution in [0.2, 0.25) is 0 Å². The summed E-state index contributed by atoms with van der Waals surface area (Å²) in [5, 5.41) is 8.99. The van der Waals surface area contributed by atoms with E-state index in [0.29, 0.717) is 17.0 Å². The summed E-state index contributed by atoms with van der Waals surface area (Å²) in [6, 6.07) is 4.41. The first-order valence-corrected chi connectivity index (χ1v) is 9.28. The van der Waals surface area contributed by atoms with Crippen LogP contribution in [-0.2, 0) is 9.59 Å². The molecule has 0 radical (unpaired) electrons. The SMILES string of the molecule is CC1CCNCC1Nc1ccc2c(c1)C(=O)N(C1CCC(=O)NC1=O)C2=O. The van der Waals surface area contributed by atoms with E-state index < -0.39 is 23.8 Å². The normalized spacial score (nSPS) is 28.2. The van der Waals surface area contributed by atoms with E-state index in [1.807, 2.05) is 0 Å². The highest BCUT2D eigenvalue weighted by Crippen LogP contribution is 2.30. The fourth-order valence-corrected chi connectivity index (χ4v) is 3.96. The lowest BCUT2D eigenvalue weighted by Crippen LogP contribution is -2.54. The molecule has 0 saturated carbocycles. The van der Waals surface area contributed by atoms with Gasteiger partial charge in [-0.05, 0) is 43.5 Å². The molecule has 2 fully saturated rings. The molecule has 0 aliphatic carbocycles. The Morgan fingerprint density at radius 2 is 1.85 bits per heavy atom. The van der Waals surface area contributed by atoms with Crippen molar-refractivity contribution >= 4 is 29.3 Å². The van der Waals surface area contributed by atoms with Crippen LogP contribution in [0.1, 0.15) is 46.9 Å². The fraction of sp³-hybridized carbons (Fsp3) is 0.474. The number of hydrogen-bond acceptors (Lipinski definition) is 6. The van der Waals surface area contributed by atoms with Crippen molar-refractivity contribution in [2.24, 2.45) is 5.92 Å². The topological polar surface area (TPSA) is 108 Å². The van der Waals surface area contributed by atoms with Gasteiger partial charge in [0, 0.05) is 24.7 Å². The maximum atomic E-state index is 12.8. The molecular formula is C19H22N4O4. The number of carbonyl (C=O) groups is 4. The summed E-state index contributed by atoms with van der Waals surface area (Å²) >= 11 is 0. The molecule has 3 atom stereocenters. The number of rotatable bonds is 3. The van der Waals surface area contributed by atoms with Crippen LogP contribution in [0.4, 0.5) is 5.69 Å². The van der Waals surface area contributed by atoms with E-state index in [-0.39, 0.29) is 24.8 Å². The van der Waals surface area contributed by atoms with Gasteiger partial charge in [0.25, 0.3) is 11.8 Å². The Labute approximate surface area is 156 Å². The number of anilines is 1. The molecule has 0 aromatic heterocycles. The van der Waals surface area contributed by atoms with Crippen molar-refractivity contribution in [2.45, 2.75) is 38.3 Å². The first-order chi connectivity index (χ1) is 13.0. The Hall–Kier alpha value is -2.74. The van der Waals surface area contributed by atoms with Crippen molar-refractivity contribution in [3.8, 4) is 0 Å². The standard InChI is InChI=1S/C19H22N4O4/c1-10-6-7-20-9-14(10)21-11-2-3-12-13(8-11)19(27)23(18(12)26)15-4-5-16(24)22-17(15)25/h2-3,8,10,14-15,20-21H,4-7,9H2,1H3,(H,22,24,25). The largest absolute Gasteiger partial charge is 0.381 e. The Kier molecular flexibility index (Phi) is 4.43. The fourth-order valence-electron chi connectivity index (χ4n) is 3.96. The van der Waals surface area contributed by atoms with Gasteiger partial charge in [0.15, 0.2) is 0 Å². The van der Waals surface area contributed by atoms with E-state index in [1.165, 1.54) is 0 Å². The zero-order valence-electron chi connectivity index (χ0n) is 15.1. The minimum Gasteiger partial charge on any atom is -0.381 e. The summed E-state index contributed by atoms with van der Waals surface area (Å²) in [7, 11) is 0. The predicted octanol–water partition coefficient (Wildman–Crippen LogP) is 0.498. The first kappa shape index (κ1) is 17.7. The average Bonchev–Trinajstić information content (AvgIpc) is 2.88.